The van der Waals surface area contributed by atoms with Gasteiger partial charge in [-0.3, -0.25) is 0 Å². The summed E-state index contributed by atoms with van der Waals surface area (Å²) in [7, 11) is 0. The zero-order valence-electron chi connectivity index (χ0n) is 6.99. The van der Waals surface area contributed by atoms with Crippen LogP contribution in [0, 0.1) is 6.92 Å². The Balaban J connectivity index is 3.01. The van der Waals surface area contributed by atoms with E-state index in [1.54, 1.807) is 12.1 Å². The van der Waals surface area contributed by atoms with Crippen LogP contribution in [0.15, 0.2) is 18.2 Å². The van der Waals surface area contributed by atoms with E-state index < -0.39 is 6.04 Å². The topological polar surface area (TPSA) is 66.5 Å². The predicted octanol–water partition coefficient (Wildman–Crippen LogP) is 0.693. The fourth-order valence-electron chi connectivity index (χ4n) is 1.07. The van der Waals surface area contributed by atoms with E-state index in [0.717, 1.165) is 5.56 Å². The van der Waals surface area contributed by atoms with Gasteiger partial charge in [-0.05, 0) is 18.6 Å². The van der Waals surface area contributed by atoms with Crippen molar-refractivity contribution in [2.45, 2.75) is 13.0 Å². The van der Waals surface area contributed by atoms with Gasteiger partial charge >= 0.3 is 0 Å². The molecule has 1 unspecified atom stereocenters. The van der Waals surface area contributed by atoms with E-state index in [1.807, 2.05) is 13.0 Å². The maximum atomic E-state index is 9.40. The third kappa shape index (κ3) is 1.75. The molecular formula is C9H13NO2. The number of benzene rings is 1. The van der Waals surface area contributed by atoms with Crippen LogP contribution in [0.1, 0.15) is 17.2 Å². The number of rotatable bonds is 2. The van der Waals surface area contributed by atoms with Crippen molar-refractivity contribution in [2.75, 3.05) is 6.61 Å². The lowest BCUT2D eigenvalue weighted by molar-refractivity contribution is 0.265. The first kappa shape index (κ1) is 9.03. The smallest absolute Gasteiger partial charge is 0.120 e. The van der Waals surface area contributed by atoms with Gasteiger partial charge in [0.05, 0.1) is 12.6 Å². The lowest BCUT2D eigenvalue weighted by atomic mass is 10.1. The number of phenols is 1. The van der Waals surface area contributed by atoms with Crippen LogP contribution in [-0.2, 0) is 0 Å². The molecule has 1 aromatic rings. The first-order chi connectivity index (χ1) is 5.65. The molecule has 0 spiro atoms. The van der Waals surface area contributed by atoms with E-state index in [1.165, 1.54) is 0 Å². The standard InChI is InChI=1S/C9H13NO2/c1-6-2-3-7(8(10)5-11)9(12)4-6/h2-4,8,11-12H,5,10H2,1H3. The van der Waals surface area contributed by atoms with Crippen LogP contribution in [0.3, 0.4) is 0 Å². The van der Waals surface area contributed by atoms with E-state index in [4.69, 9.17) is 10.8 Å². The Labute approximate surface area is 71.5 Å². The lowest BCUT2D eigenvalue weighted by Crippen LogP contribution is -2.14. The van der Waals surface area contributed by atoms with Crippen LogP contribution in [0.2, 0.25) is 0 Å². The molecule has 0 heterocycles. The average Bonchev–Trinajstić information content (AvgIpc) is 2.03. The Morgan fingerprint density at radius 3 is 2.67 bits per heavy atom. The molecule has 0 amide bonds. The van der Waals surface area contributed by atoms with Crippen molar-refractivity contribution < 1.29 is 10.2 Å². The molecule has 0 aliphatic rings. The summed E-state index contributed by atoms with van der Waals surface area (Å²) in [5.74, 6) is 0.150. The highest BCUT2D eigenvalue weighted by Crippen LogP contribution is 2.23. The minimum Gasteiger partial charge on any atom is -0.508 e. The third-order valence-corrected chi connectivity index (χ3v) is 1.78. The summed E-state index contributed by atoms with van der Waals surface area (Å²) in [6.07, 6.45) is 0. The Bertz CT molecular complexity index is 273. The van der Waals surface area contributed by atoms with Crippen molar-refractivity contribution in [1.29, 1.82) is 0 Å². The van der Waals surface area contributed by atoms with Crippen LogP contribution < -0.4 is 5.73 Å². The summed E-state index contributed by atoms with van der Waals surface area (Å²) >= 11 is 0. The third-order valence-electron chi connectivity index (χ3n) is 1.78. The average molecular weight is 167 g/mol. The quantitative estimate of drug-likeness (QED) is 0.607. The molecule has 12 heavy (non-hydrogen) atoms. The first-order valence-electron chi connectivity index (χ1n) is 3.81. The van der Waals surface area contributed by atoms with Crippen LogP contribution in [0.5, 0.6) is 5.75 Å². The second kappa shape index (κ2) is 3.56. The summed E-state index contributed by atoms with van der Waals surface area (Å²) in [4.78, 5) is 0. The summed E-state index contributed by atoms with van der Waals surface area (Å²) in [6.45, 7) is 1.73. The monoisotopic (exact) mass is 167 g/mol. The number of nitrogens with two attached hydrogens (primary N) is 1. The number of phenolic OH excluding ortho intramolecular Hbond substituents is 1. The molecule has 66 valence electrons. The van der Waals surface area contributed by atoms with Crippen molar-refractivity contribution in [3.05, 3.63) is 29.3 Å². The van der Waals surface area contributed by atoms with Gasteiger partial charge < -0.3 is 15.9 Å². The second-order valence-electron chi connectivity index (χ2n) is 2.85. The van der Waals surface area contributed by atoms with Crippen molar-refractivity contribution in [3.8, 4) is 5.75 Å². The van der Waals surface area contributed by atoms with Crippen LogP contribution in [-0.4, -0.2) is 16.8 Å². The summed E-state index contributed by atoms with van der Waals surface area (Å²) in [5.41, 5.74) is 7.09. The highest BCUT2D eigenvalue weighted by molar-refractivity contribution is 5.37. The molecule has 0 bridgehead atoms. The molecule has 0 saturated heterocycles. The Morgan fingerprint density at radius 1 is 1.50 bits per heavy atom. The molecule has 0 aliphatic heterocycles. The summed E-state index contributed by atoms with van der Waals surface area (Å²) in [6, 6.07) is 4.71. The second-order valence-corrected chi connectivity index (χ2v) is 2.85. The molecule has 3 heteroatoms. The zero-order valence-corrected chi connectivity index (χ0v) is 6.99. The number of aliphatic hydroxyl groups is 1. The molecule has 0 fully saturated rings. The molecule has 0 saturated carbocycles. The lowest BCUT2D eigenvalue weighted by Gasteiger charge is -2.10. The normalized spacial score (nSPS) is 12.9. The van der Waals surface area contributed by atoms with Gasteiger partial charge in [-0.1, -0.05) is 12.1 Å². The van der Waals surface area contributed by atoms with Gasteiger partial charge in [-0.25, -0.2) is 0 Å². The van der Waals surface area contributed by atoms with Gasteiger partial charge in [0.15, 0.2) is 0 Å². The molecule has 0 aromatic heterocycles. The summed E-state index contributed by atoms with van der Waals surface area (Å²) < 4.78 is 0. The van der Waals surface area contributed by atoms with E-state index in [9.17, 15) is 5.11 Å². The summed E-state index contributed by atoms with van der Waals surface area (Å²) in [5, 5.41) is 18.1. The minimum atomic E-state index is -0.495. The predicted molar refractivity (Wildman–Crippen MR) is 46.9 cm³/mol. The highest BCUT2D eigenvalue weighted by atomic mass is 16.3. The minimum absolute atomic E-state index is 0.150. The molecule has 1 rings (SSSR count). The molecule has 1 atom stereocenters. The maximum Gasteiger partial charge on any atom is 0.120 e. The van der Waals surface area contributed by atoms with Crippen molar-refractivity contribution in [2.24, 2.45) is 5.73 Å². The SMILES string of the molecule is Cc1ccc(C(N)CO)c(O)c1. The Morgan fingerprint density at radius 2 is 2.17 bits per heavy atom. The van der Waals surface area contributed by atoms with E-state index in [-0.39, 0.29) is 12.4 Å². The largest absolute Gasteiger partial charge is 0.508 e. The fourth-order valence-corrected chi connectivity index (χ4v) is 1.07. The van der Waals surface area contributed by atoms with Crippen LogP contribution in [0.25, 0.3) is 0 Å². The molecule has 1 aromatic carbocycles. The number of aliphatic hydroxyl groups excluding tert-OH is 1. The molecule has 0 radical (unpaired) electrons. The van der Waals surface area contributed by atoms with E-state index in [0.29, 0.717) is 5.56 Å². The zero-order chi connectivity index (χ0) is 9.14. The van der Waals surface area contributed by atoms with E-state index >= 15 is 0 Å². The fraction of sp³-hybridized carbons (Fsp3) is 0.333. The van der Waals surface area contributed by atoms with Crippen molar-refractivity contribution in [1.82, 2.24) is 0 Å². The highest BCUT2D eigenvalue weighted by Gasteiger charge is 2.08. The van der Waals surface area contributed by atoms with Crippen LogP contribution >= 0.6 is 0 Å². The van der Waals surface area contributed by atoms with Crippen molar-refractivity contribution >= 4 is 0 Å². The first-order valence-corrected chi connectivity index (χ1v) is 3.81. The van der Waals surface area contributed by atoms with Gasteiger partial charge in [-0.15, -0.1) is 0 Å². The number of hydrogen-bond acceptors (Lipinski definition) is 3. The molecule has 4 N–H and O–H groups in total. The Hall–Kier alpha value is -1.06. The van der Waals surface area contributed by atoms with Crippen molar-refractivity contribution in [3.63, 3.8) is 0 Å². The van der Waals surface area contributed by atoms with Gasteiger partial charge in [-0.2, -0.15) is 0 Å². The Kier molecular flexibility index (Phi) is 2.68. The maximum absolute atomic E-state index is 9.40. The number of aryl methyl sites for hydroxylation is 1. The van der Waals surface area contributed by atoms with Crippen LogP contribution in [0.4, 0.5) is 0 Å². The van der Waals surface area contributed by atoms with Gasteiger partial charge in [0.1, 0.15) is 5.75 Å². The van der Waals surface area contributed by atoms with E-state index in [2.05, 4.69) is 0 Å². The van der Waals surface area contributed by atoms with Gasteiger partial charge in [0.25, 0.3) is 0 Å². The number of aromatic hydroxyl groups is 1. The van der Waals surface area contributed by atoms with Gasteiger partial charge in [0.2, 0.25) is 0 Å². The molecule has 0 aliphatic carbocycles. The molecular weight excluding hydrogens is 154 g/mol. The molecule has 3 nitrogen and oxygen atoms in total. The van der Waals surface area contributed by atoms with Gasteiger partial charge in [0, 0.05) is 5.56 Å². The number of hydrogen-bond donors (Lipinski definition) is 3.